The fraction of sp³-hybridized carbons (Fsp3) is 0.357. The van der Waals surface area contributed by atoms with Gasteiger partial charge in [0.25, 0.3) is 0 Å². The summed E-state index contributed by atoms with van der Waals surface area (Å²) >= 11 is 0. The molecule has 1 aromatic rings. The molecular weight excluding hydrogens is 233 g/mol. The van der Waals surface area contributed by atoms with Crippen molar-refractivity contribution in [2.24, 2.45) is 0 Å². The smallest absolute Gasteiger partial charge is 0.244 e. The second-order valence-electron chi connectivity index (χ2n) is 4.35. The molecule has 0 heterocycles. The van der Waals surface area contributed by atoms with Crippen molar-refractivity contribution in [2.45, 2.75) is 26.8 Å². The first-order valence-corrected chi connectivity index (χ1v) is 5.73. The summed E-state index contributed by atoms with van der Waals surface area (Å²) in [6.07, 6.45) is 1.51. The molecule has 0 saturated carbocycles. The van der Waals surface area contributed by atoms with Crippen LogP contribution in [0.3, 0.4) is 0 Å². The summed E-state index contributed by atoms with van der Waals surface area (Å²) < 4.78 is 18.4. The molecule has 0 radical (unpaired) electrons. The molecule has 0 aliphatic carbocycles. The van der Waals surface area contributed by atoms with Gasteiger partial charge in [-0.1, -0.05) is 11.6 Å². The first-order valence-electron chi connectivity index (χ1n) is 5.73. The van der Waals surface area contributed by atoms with Crippen molar-refractivity contribution >= 4 is 5.91 Å². The van der Waals surface area contributed by atoms with Crippen LogP contribution in [-0.4, -0.2) is 13.0 Å². The van der Waals surface area contributed by atoms with Crippen LogP contribution in [0, 0.1) is 5.82 Å². The van der Waals surface area contributed by atoms with Gasteiger partial charge < -0.3 is 10.1 Å². The molecule has 98 valence electrons. The Kier molecular flexibility index (Phi) is 4.89. The third kappa shape index (κ3) is 3.87. The van der Waals surface area contributed by atoms with E-state index in [2.05, 4.69) is 5.32 Å². The van der Waals surface area contributed by atoms with E-state index >= 15 is 0 Å². The number of ether oxygens (including phenoxy) is 1. The molecule has 0 aliphatic rings. The maximum absolute atomic E-state index is 13.5. The van der Waals surface area contributed by atoms with Crippen LogP contribution >= 0.6 is 0 Å². The Balaban J connectivity index is 2.79. The number of rotatable bonds is 4. The van der Waals surface area contributed by atoms with E-state index in [4.69, 9.17) is 4.74 Å². The van der Waals surface area contributed by atoms with Gasteiger partial charge in [-0.15, -0.1) is 0 Å². The summed E-state index contributed by atoms with van der Waals surface area (Å²) in [5, 5.41) is 2.77. The molecule has 1 amide bonds. The fourth-order valence-electron chi connectivity index (χ4n) is 1.55. The number of allylic oxidation sites excluding steroid dienone is 1. The van der Waals surface area contributed by atoms with Gasteiger partial charge in [-0.2, -0.15) is 0 Å². The van der Waals surface area contributed by atoms with Crippen molar-refractivity contribution in [3.63, 3.8) is 0 Å². The van der Waals surface area contributed by atoms with Crippen molar-refractivity contribution in [1.29, 1.82) is 0 Å². The lowest BCUT2D eigenvalue weighted by Gasteiger charge is -2.14. The van der Waals surface area contributed by atoms with Gasteiger partial charge in [-0.3, -0.25) is 4.79 Å². The quantitative estimate of drug-likeness (QED) is 0.835. The monoisotopic (exact) mass is 251 g/mol. The summed E-state index contributed by atoms with van der Waals surface area (Å²) in [6.45, 7) is 5.49. The maximum atomic E-state index is 13.5. The average molecular weight is 251 g/mol. The second-order valence-corrected chi connectivity index (χ2v) is 4.35. The molecule has 0 saturated heterocycles. The fourth-order valence-corrected chi connectivity index (χ4v) is 1.55. The lowest BCUT2D eigenvalue weighted by Crippen LogP contribution is -2.25. The minimum atomic E-state index is -0.432. The highest BCUT2D eigenvalue weighted by Gasteiger charge is 2.11. The molecule has 1 unspecified atom stereocenters. The maximum Gasteiger partial charge on any atom is 0.244 e. The molecule has 3 nitrogen and oxygen atoms in total. The first kappa shape index (κ1) is 14.2. The van der Waals surface area contributed by atoms with E-state index in [1.54, 1.807) is 19.1 Å². The molecule has 0 bridgehead atoms. The van der Waals surface area contributed by atoms with Gasteiger partial charge in [0.2, 0.25) is 5.91 Å². The zero-order chi connectivity index (χ0) is 13.7. The molecular formula is C14H18FNO2. The van der Waals surface area contributed by atoms with Crippen molar-refractivity contribution in [1.82, 2.24) is 5.32 Å². The number of hydrogen-bond donors (Lipinski definition) is 1. The molecule has 0 aromatic heterocycles. The topological polar surface area (TPSA) is 38.3 Å². The normalized spacial score (nSPS) is 11.6. The standard InChI is InChI=1S/C14H18FNO2/c1-9(2)7-14(17)16-10(3)11-5-6-13(18-4)12(15)8-11/h5-8,10H,1-4H3,(H,16,17). The Morgan fingerprint density at radius 3 is 2.61 bits per heavy atom. The number of benzene rings is 1. The number of amides is 1. The van der Waals surface area contributed by atoms with E-state index in [-0.39, 0.29) is 17.7 Å². The predicted molar refractivity (Wildman–Crippen MR) is 68.9 cm³/mol. The highest BCUT2D eigenvalue weighted by atomic mass is 19.1. The summed E-state index contributed by atoms with van der Waals surface area (Å²) in [6, 6.07) is 4.39. The molecule has 1 aromatic carbocycles. The van der Waals surface area contributed by atoms with Crippen LogP contribution in [0.2, 0.25) is 0 Å². The number of carbonyl (C=O) groups excluding carboxylic acids is 1. The number of hydrogen-bond acceptors (Lipinski definition) is 2. The Morgan fingerprint density at radius 2 is 2.11 bits per heavy atom. The van der Waals surface area contributed by atoms with Gasteiger partial charge in [0.05, 0.1) is 13.2 Å². The van der Waals surface area contributed by atoms with E-state index in [1.165, 1.54) is 19.3 Å². The lowest BCUT2D eigenvalue weighted by atomic mass is 10.1. The SMILES string of the molecule is COc1ccc(C(C)NC(=O)C=C(C)C)cc1F. The van der Waals surface area contributed by atoms with Crippen LogP contribution in [0.5, 0.6) is 5.75 Å². The van der Waals surface area contributed by atoms with E-state index in [1.807, 2.05) is 13.8 Å². The molecule has 0 fully saturated rings. The third-order valence-electron chi connectivity index (χ3n) is 2.45. The van der Waals surface area contributed by atoms with Crippen molar-refractivity contribution < 1.29 is 13.9 Å². The molecule has 1 rings (SSSR count). The van der Waals surface area contributed by atoms with Crippen LogP contribution in [0.15, 0.2) is 29.8 Å². The molecule has 0 aliphatic heterocycles. The van der Waals surface area contributed by atoms with E-state index in [9.17, 15) is 9.18 Å². The van der Waals surface area contributed by atoms with Crippen LogP contribution < -0.4 is 10.1 Å². The zero-order valence-corrected chi connectivity index (χ0v) is 11.1. The van der Waals surface area contributed by atoms with Crippen LogP contribution in [0.4, 0.5) is 4.39 Å². The summed E-state index contributed by atoms with van der Waals surface area (Å²) in [5.41, 5.74) is 1.62. The van der Waals surface area contributed by atoms with Crippen molar-refractivity contribution in [3.05, 3.63) is 41.2 Å². The number of methoxy groups -OCH3 is 1. The number of nitrogens with one attached hydrogen (secondary N) is 1. The molecule has 1 N–H and O–H groups in total. The molecule has 1 atom stereocenters. The number of carbonyl (C=O) groups is 1. The molecule has 4 heteroatoms. The number of halogens is 1. The molecule has 18 heavy (non-hydrogen) atoms. The van der Waals surface area contributed by atoms with Crippen LogP contribution in [0.25, 0.3) is 0 Å². The van der Waals surface area contributed by atoms with E-state index < -0.39 is 5.82 Å². The Bertz CT molecular complexity index is 465. The van der Waals surface area contributed by atoms with Crippen molar-refractivity contribution in [2.75, 3.05) is 7.11 Å². The Morgan fingerprint density at radius 1 is 1.44 bits per heavy atom. The minimum absolute atomic E-state index is 0.182. The van der Waals surface area contributed by atoms with Gasteiger partial charge in [0.1, 0.15) is 0 Å². The van der Waals surface area contributed by atoms with E-state index in [0.29, 0.717) is 5.56 Å². The van der Waals surface area contributed by atoms with Gasteiger partial charge in [-0.25, -0.2) is 4.39 Å². The summed E-state index contributed by atoms with van der Waals surface area (Å²) in [5.74, 6) is -0.418. The second kappa shape index (κ2) is 6.19. The lowest BCUT2D eigenvalue weighted by molar-refractivity contribution is -0.117. The van der Waals surface area contributed by atoms with Gasteiger partial charge in [-0.05, 0) is 38.5 Å². The zero-order valence-electron chi connectivity index (χ0n) is 11.1. The predicted octanol–water partition coefficient (Wildman–Crippen LogP) is 2.98. The van der Waals surface area contributed by atoms with Crippen LogP contribution in [-0.2, 0) is 4.79 Å². The van der Waals surface area contributed by atoms with Gasteiger partial charge in [0, 0.05) is 6.08 Å². The van der Waals surface area contributed by atoms with Gasteiger partial charge in [0.15, 0.2) is 11.6 Å². The van der Waals surface area contributed by atoms with Gasteiger partial charge >= 0.3 is 0 Å². The Hall–Kier alpha value is -1.84. The highest BCUT2D eigenvalue weighted by molar-refractivity contribution is 5.88. The summed E-state index contributed by atoms with van der Waals surface area (Å²) in [4.78, 5) is 11.5. The van der Waals surface area contributed by atoms with Crippen molar-refractivity contribution in [3.8, 4) is 5.75 Å². The largest absolute Gasteiger partial charge is 0.494 e. The minimum Gasteiger partial charge on any atom is -0.494 e. The Labute approximate surface area is 107 Å². The highest BCUT2D eigenvalue weighted by Crippen LogP contribution is 2.21. The van der Waals surface area contributed by atoms with E-state index in [0.717, 1.165) is 5.57 Å². The van der Waals surface area contributed by atoms with Crippen LogP contribution in [0.1, 0.15) is 32.4 Å². The average Bonchev–Trinajstić information content (AvgIpc) is 2.27. The third-order valence-corrected chi connectivity index (χ3v) is 2.45. The first-order chi connectivity index (χ1) is 8.43. The summed E-state index contributed by atoms with van der Waals surface area (Å²) in [7, 11) is 1.41. The molecule has 0 spiro atoms.